The van der Waals surface area contributed by atoms with Gasteiger partial charge >= 0.3 is 12.2 Å². The number of piperazine rings is 1. The van der Waals surface area contributed by atoms with E-state index in [0.29, 0.717) is 17.8 Å². The minimum atomic E-state index is -0.545. The predicted molar refractivity (Wildman–Crippen MR) is 196 cm³/mol. The van der Waals surface area contributed by atoms with Gasteiger partial charge in [-0.15, -0.1) is 0 Å². The lowest BCUT2D eigenvalue weighted by Crippen LogP contribution is -2.60. The maximum absolute atomic E-state index is 13.5. The van der Waals surface area contributed by atoms with E-state index in [4.69, 9.17) is 14.2 Å². The molecule has 0 bridgehead atoms. The summed E-state index contributed by atoms with van der Waals surface area (Å²) in [6.07, 6.45) is 9.31. The van der Waals surface area contributed by atoms with Crippen molar-refractivity contribution in [3.05, 3.63) is 0 Å². The quantitative estimate of drug-likeness (QED) is 0.312. The van der Waals surface area contributed by atoms with Gasteiger partial charge < -0.3 is 29.1 Å². The number of amides is 2. The molecule has 3 aliphatic heterocycles. The molecule has 8 fully saturated rings. The fraction of sp³-hybridized carbons (Fsp3) is 0.952. The van der Waals surface area contributed by atoms with Crippen molar-refractivity contribution >= 4 is 12.2 Å². The van der Waals surface area contributed by atoms with Crippen molar-refractivity contribution in [1.29, 1.82) is 0 Å². The number of carbonyl (C=O) groups is 2. The molecule has 2 spiro atoms. The van der Waals surface area contributed by atoms with Crippen molar-refractivity contribution in [3.8, 4) is 0 Å². The molecule has 0 aromatic heterocycles. The van der Waals surface area contributed by atoms with Crippen LogP contribution in [0.1, 0.15) is 120 Å². The Kier molecular flexibility index (Phi) is 8.90. The number of aliphatic hydroxyl groups excluding tert-OH is 1. The second kappa shape index (κ2) is 12.5. The van der Waals surface area contributed by atoms with Gasteiger partial charge in [0.15, 0.2) is 0 Å². The van der Waals surface area contributed by atoms with Gasteiger partial charge in [0.1, 0.15) is 12.2 Å². The lowest BCUT2D eigenvalue weighted by molar-refractivity contribution is -0.185. The van der Waals surface area contributed by atoms with Crippen LogP contribution in [0.2, 0.25) is 0 Å². The highest BCUT2D eigenvalue weighted by atomic mass is 16.6. The molecule has 9 nitrogen and oxygen atoms in total. The number of likely N-dealkylation sites (tertiary alicyclic amines) is 1. The minimum absolute atomic E-state index is 0.0148. The van der Waals surface area contributed by atoms with E-state index in [1.165, 1.54) is 12.8 Å². The zero-order chi connectivity index (χ0) is 36.3. The molecule has 51 heavy (non-hydrogen) atoms. The van der Waals surface area contributed by atoms with Crippen LogP contribution in [-0.4, -0.2) is 108 Å². The lowest BCUT2D eigenvalue weighted by atomic mass is 9.41. The topological polar surface area (TPSA) is 91.8 Å². The molecule has 9 heteroatoms. The second-order valence-electron chi connectivity index (χ2n) is 20.2. The molecule has 5 saturated carbocycles. The Morgan fingerprint density at radius 3 is 2.20 bits per heavy atom. The summed E-state index contributed by atoms with van der Waals surface area (Å²) in [4.78, 5) is 32.7. The number of hydrogen-bond donors (Lipinski definition) is 1. The minimum Gasteiger partial charge on any atom is -0.446 e. The van der Waals surface area contributed by atoms with Crippen LogP contribution in [0.5, 0.6) is 0 Å². The molecular formula is C42H69N3O6. The first-order chi connectivity index (χ1) is 24.1. The lowest BCUT2D eigenvalue weighted by Gasteiger charge is -2.63. The molecule has 0 radical (unpaired) electrons. The summed E-state index contributed by atoms with van der Waals surface area (Å²) in [6.45, 7) is 24.6. The van der Waals surface area contributed by atoms with E-state index in [2.05, 4.69) is 60.3 Å². The van der Waals surface area contributed by atoms with E-state index in [-0.39, 0.29) is 75.5 Å². The van der Waals surface area contributed by atoms with Gasteiger partial charge in [0.05, 0.1) is 18.3 Å². The molecule has 1 N–H and O–H groups in total. The highest BCUT2D eigenvalue weighted by Crippen LogP contribution is 2.89. The van der Waals surface area contributed by atoms with Gasteiger partial charge in [-0.25, -0.2) is 9.59 Å². The molecule has 288 valence electrons. The van der Waals surface area contributed by atoms with Gasteiger partial charge in [-0.05, 0) is 117 Å². The van der Waals surface area contributed by atoms with Gasteiger partial charge in [-0.3, -0.25) is 4.90 Å². The van der Waals surface area contributed by atoms with Crippen LogP contribution < -0.4 is 0 Å². The van der Waals surface area contributed by atoms with Crippen LogP contribution in [0.3, 0.4) is 0 Å². The Hall–Kier alpha value is -1.58. The number of aliphatic hydroxyl groups is 1. The van der Waals surface area contributed by atoms with Gasteiger partial charge in [0, 0.05) is 50.1 Å². The molecule has 5 aliphatic carbocycles. The largest absolute Gasteiger partial charge is 0.446 e. The number of carbonyl (C=O) groups excluding carboxylic acids is 2. The van der Waals surface area contributed by atoms with Crippen LogP contribution in [0.4, 0.5) is 9.59 Å². The summed E-state index contributed by atoms with van der Waals surface area (Å²) < 4.78 is 19.7. The van der Waals surface area contributed by atoms with Crippen molar-refractivity contribution in [3.63, 3.8) is 0 Å². The van der Waals surface area contributed by atoms with Crippen LogP contribution >= 0.6 is 0 Å². The average molecular weight is 712 g/mol. The molecule has 8 rings (SSSR count). The van der Waals surface area contributed by atoms with Crippen molar-refractivity contribution in [1.82, 2.24) is 14.7 Å². The van der Waals surface area contributed by atoms with E-state index in [1.807, 2.05) is 4.90 Å². The number of rotatable bonds is 6. The highest BCUT2D eigenvalue weighted by Gasteiger charge is 2.84. The van der Waals surface area contributed by atoms with E-state index in [1.54, 1.807) is 4.90 Å². The summed E-state index contributed by atoms with van der Waals surface area (Å²) in [5, 5.41) is 12.7. The van der Waals surface area contributed by atoms with Gasteiger partial charge in [-0.1, -0.05) is 55.4 Å². The molecule has 13 atom stereocenters. The zero-order valence-electron chi connectivity index (χ0n) is 33.1. The van der Waals surface area contributed by atoms with Crippen molar-refractivity contribution < 1.29 is 28.9 Å². The Morgan fingerprint density at radius 2 is 1.55 bits per heavy atom. The molecule has 0 aromatic carbocycles. The number of fused-ring (bicyclic) bond motifs is 4. The SMILES string of the molecule is CCCN1CCN(C(=O)O[C@H]2CC[C@]34CC35CC[C@]3(C)[C@@H]6[C@H](O[C@@H]([C@H](OC(=O)N7CCC7)C(C)C)C[C@H]6C)[C@H](O)[C@@]3(C)[C@@H]5CC[C@H]4C2(C)C)CC1. The zero-order valence-corrected chi connectivity index (χ0v) is 33.1. The van der Waals surface area contributed by atoms with E-state index in [0.717, 1.165) is 97.2 Å². The molecule has 3 saturated heterocycles. The highest BCUT2D eigenvalue weighted by molar-refractivity contribution is 5.69. The number of ether oxygens (including phenoxy) is 3. The maximum Gasteiger partial charge on any atom is 0.410 e. The molecule has 1 unspecified atom stereocenters. The summed E-state index contributed by atoms with van der Waals surface area (Å²) in [5.74, 6) is 1.77. The normalized spacial score (nSPS) is 47.6. The van der Waals surface area contributed by atoms with E-state index in [9.17, 15) is 14.7 Å². The van der Waals surface area contributed by atoms with Crippen molar-refractivity contribution in [2.45, 2.75) is 150 Å². The van der Waals surface area contributed by atoms with Crippen LogP contribution in [0.15, 0.2) is 0 Å². The van der Waals surface area contributed by atoms with Crippen LogP contribution in [0.25, 0.3) is 0 Å². The smallest absolute Gasteiger partial charge is 0.410 e. The molecule has 3 heterocycles. The fourth-order valence-corrected chi connectivity index (χ4v) is 14.7. The fourth-order valence-electron chi connectivity index (χ4n) is 14.7. The summed E-state index contributed by atoms with van der Waals surface area (Å²) in [5.41, 5.74) is 0.178. The first-order valence-corrected chi connectivity index (χ1v) is 21.1. The molecular weight excluding hydrogens is 642 g/mol. The third-order valence-corrected chi connectivity index (χ3v) is 17.6. The molecule has 8 aliphatic rings. The second-order valence-corrected chi connectivity index (χ2v) is 20.2. The Labute approximate surface area is 307 Å². The van der Waals surface area contributed by atoms with Crippen LogP contribution in [-0.2, 0) is 14.2 Å². The van der Waals surface area contributed by atoms with Crippen LogP contribution in [0, 0.1) is 56.7 Å². The predicted octanol–water partition coefficient (Wildman–Crippen LogP) is 7.20. The third-order valence-electron chi connectivity index (χ3n) is 17.6. The standard InChI is InChI=1S/C42H69N3O6/c1-9-17-43-20-22-45(23-21-43)36(47)50-31-13-14-41-25-42(41)16-15-39(7)32-27(4)24-28(33(26(2)3)51-37(48)44-18-10-19-44)49-34(32)35(46)40(39,8)30(42)12-11-29(41)38(31,5)6/h26-35,46H,9-25H2,1-8H3/t27-,28-,29+,30+,31+,32+,33-,34+,35+,39-,40-,41-,42?/m1/s1. The van der Waals surface area contributed by atoms with E-state index < -0.39 is 6.10 Å². The molecule has 0 aromatic rings. The first kappa shape index (κ1) is 36.4. The summed E-state index contributed by atoms with van der Waals surface area (Å²) >= 11 is 0. The van der Waals surface area contributed by atoms with Crippen molar-refractivity contribution in [2.75, 3.05) is 45.8 Å². The Bertz CT molecular complexity index is 1360. The Morgan fingerprint density at radius 1 is 0.882 bits per heavy atom. The summed E-state index contributed by atoms with van der Waals surface area (Å²) in [7, 11) is 0. The number of nitrogens with zero attached hydrogens (tertiary/aromatic N) is 3. The third kappa shape index (κ3) is 5.07. The maximum atomic E-state index is 13.5. The van der Waals surface area contributed by atoms with Crippen molar-refractivity contribution in [2.24, 2.45) is 56.7 Å². The summed E-state index contributed by atoms with van der Waals surface area (Å²) in [6, 6.07) is 0. The van der Waals surface area contributed by atoms with Gasteiger partial charge in [-0.2, -0.15) is 0 Å². The average Bonchev–Trinajstić information content (AvgIpc) is 3.69. The van der Waals surface area contributed by atoms with Gasteiger partial charge in [0.25, 0.3) is 0 Å². The van der Waals surface area contributed by atoms with E-state index >= 15 is 0 Å². The number of hydrogen-bond acceptors (Lipinski definition) is 7. The molecule has 2 amide bonds. The Balaban J connectivity index is 0.991. The first-order valence-electron chi connectivity index (χ1n) is 21.1. The monoisotopic (exact) mass is 712 g/mol. The van der Waals surface area contributed by atoms with Gasteiger partial charge in [0.2, 0.25) is 0 Å².